The first-order valence-electron chi connectivity index (χ1n) is 7.07. The van der Waals surface area contributed by atoms with Gasteiger partial charge >= 0.3 is 0 Å². The van der Waals surface area contributed by atoms with E-state index in [-0.39, 0.29) is 12.0 Å². The maximum atomic E-state index is 12.3. The van der Waals surface area contributed by atoms with Gasteiger partial charge in [0.25, 0.3) is 6.43 Å². The van der Waals surface area contributed by atoms with Crippen molar-refractivity contribution in [3.8, 4) is 0 Å². The van der Waals surface area contributed by atoms with E-state index in [1.165, 1.54) is 0 Å². The summed E-state index contributed by atoms with van der Waals surface area (Å²) in [6.45, 7) is 8.47. The van der Waals surface area contributed by atoms with Gasteiger partial charge in [-0.05, 0) is 6.42 Å². The molecule has 3 N–H and O–H groups in total. The summed E-state index contributed by atoms with van der Waals surface area (Å²) in [7, 11) is 0. The minimum absolute atomic E-state index is 0.258. The van der Waals surface area contributed by atoms with E-state index in [1.807, 2.05) is 27.7 Å². The number of anilines is 2. The van der Waals surface area contributed by atoms with Gasteiger partial charge in [0, 0.05) is 24.6 Å². The highest BCUT2D eigenvalue weighted by Gasteiger charge is 2.20. The molecule has 5 nitrogen and oxygen atoms in total. The van der Waals surface area contributed by atoms with E-state index < -0.39 is 12.5 Å². The van der Waals surface area contributed by atoms with E-state index in [0.717, 1.165) is 13.0 Å². The molecule has 1 aromatic rings. The van der Waals surface area contributed by atoms with Crippen LogP contribution in [0.5, 0.6) is 0 Å². The molecule has 1 unspecified atom stereocenters. The van der Waals surface area contributed by atoms with Crippen molar-refractivity contribution in [2.24, 2.45) is 0 Å². The van der Waals surface area contributed by atoms with Gasteiger partial charge in [0.1, 0.15) is 23.6 Å². The van der Waals surface area contributed by atoms with Crippen LogP contribution in [0.3, 0.4) is 0 Å². The molecule has 1 aromatic heterocycles. The molecule has 0 aromatic carbocycles. The Morgan fingerprint density at radius 3 is 2.24 bits per heavy atom. The van der Waals surface area contributed by atoms with Gasteiger partial charge in [-0.25, -0.2) is 18.7 Å². The average Bonchev–Trinajstić information content (AvgIpc) is 2.41. The van der Waals surface area contributed by atoms with E-state index in [2.05, 4.69) is 20.6 Å². The number of hydrogen-bond donors (Lipinski definition) is 3. The van der Waals surface area contributed by atoms with Gasteiger partial charge in [0.15, 0.2) is 0 Å². The summed E-state index contributed by atoms with van der Waals surface area (Å²) >= 11 is 0. The number of aliphatic hydroxyl groups is 1. The summed E-state index contributed by atoms with van der Waals surface area (Å²) in [6, 6.07) is 1.66. The van der Waals surface area contributed by atoms with Crippen LogP contribution < -0.4 is 10.6 Å². The summed E-state index contributed by atoms with van der Waals surface area (Å²) in [5, 5.41) is 15.0. The average molecular weight is 302 g/mol. The summed E-state index contributed by atoms with van der Waals surface area (Å²) in [5.41, 5.74) is -0.262. The maximum absolute atomic E-state index is 12.3. The molecule has 0 radical (unpaired) electrons. The van der Waals surface area contributed by atoms with Gasteiger partial charge < -0.3 is 15.7 Å². The Hall–Kier alpha value is -1.50. The zero-order valence-electron chi connectivity index (χ0n) is 13.0. The smallest absolute Gasteiger partial charge is 0.265 e. The standard InChI is InChI=1S/C14H24F2N4O/c1-5-6-17-10-7-11(18-8-9(21)12(15)16)20-13(19-10)14(2,3)4/h7,9,12,21H,5-6,8H2,1-4H3,(H2,17,18,19,20). The topological polar surface area (TPSA) is 70.1 Å². The van der Waals surface area contributed by atoms with Crippen LogP contribution in [0.1, 0.15) is 39.9 Å². The molecule has 0 saturated carbocycles. The third-order valence-electron chi connectivity index (χ3n) is 2.74. The summed E-state index contributed by atoms with van der Waals surface area (Å²) < 4.78 is 24.6. The summed E-state index contributed by atoms with van der Waals surface area (Å²) in [6.07, 6.45) is -3.55. The van der Waals surface area contributed by atoms with Crippen LogP contribution in [0.25, 0.3) is 0 Å². The predicted molar refractivity (Wildman–Crippen MR) is 80.0 cm³/mol. The Labute approximate surface area is 124 Å². The molecular formula is C14H24F2N4O. The first-order valence-corrected chi connectivity index (χ1v) is 7.07. The van der Waals surface area contributed by atoms with Gasteiger partial charge in [-0.3, -0.25) is 0 Å². The minimum Gasteiger partial charge on any atom is -0.385 e. The normalized spacial score (nSPS) is 13.3. The number of alkyl halides is 2. The quantitative estimate of drug-likeness (QED) is 0.722. The zero-order valence-corrected chi connectivity index (χ0v) is 13.0. The highest BCUT2D eigenvalue weighted by molar-refractivity contribution is 5.48. The first kappa shape index (κ1) is 17.6. The Morgan fingerprint density at radius 2 is 1.76 bits per heavy atom. The lowest BCUT2D eigenvalue weighted by molar-refractivity contribution is 0.00380. The van der Waals surface area contributed by atoms with Crippen molar-refractivity contribution in [2.75, 3.05) is 23.7 Å². The van der Waals surface area contributed by atoms with Crippen LogP contribution in [0.4, 0.5) is 20.4 Å². The lowest BCUT2D eigenvalue weighted by Crippen LogP contribution is -2.27. The molecule has 0 bridgehead atoms. The fourth-order valence-corrected chi connectivity index (χ4v) is 1.52. The molecule has 0 saturated heterocycles. The van der Waals surface area contributed by atoms with Gasteiger partial charge in [-0.2, -0.15) is 0 Å². The highest BCUT2D eigenvalue weighted by Crippen LogP contribution is 2.22. The van der Waals surface area contributed by atoms with Crippen LogP contribution in [-0.4, -0.2) is 40.7 Å². The molecule has 1 rings (SSSR count). The van der Waals surface area contributed by atoms with Gasteiger partial charge in [-0.1, -0.05) is 27.7 Å². The molecular weight excluding hydrogens is 278 g/mol. The van der Waals surface area contributed by atoms with Crippen LogP contribution in [0, 0.1) is 0 Å². The monoisotopic (exact) mass is 302 g/mol. The first-order chi connectivity index (χ1) is 9.74. The zero-order chi connectivity index (χ0) is 16.0. The molecule has 0 aliphatic rings. The van der Waals surface area contributed by atoms with Crippen molar-refractivity contribution in [2.45, 2.75) is 52.1 Å². The van der Waals surface area contributed by atoms with Crippen molar-refractivity contribution < 1.29 is 13.9 Å². The van der Waals surface area contributed by atoms with Crippen molar-refractivity contribution in [3.63, 3.8) is 0 Å². The van der Waals surface area contributed by atoms with Gasteiger partial charge in [0.2, 0.25) is 0 Å². The van der Waals surface area contributed by atoms with Crippen molar-refractivity contribution in [1.82, 2.24) is 9.97 Å². The molecule has 0 spiro atoms. The number of hydrogen-bond acceptors (Lipinski definition) is 5. The van der Waals surface area contributed by atoms with Crippen LogP contribution in [0.15, 0.2) is 6.07 Å². The number of nitrogens with one attached hydrogen (secondary N) is 2. The Bertz CT molecular complexity index is 449. The van der Waals surface area contributed by atoms with Crippen molar-refractivity contribution >= 4 is 11.6 Å². The second-order valence-corrected chi connectivity index (χ2v) is 5.92. The number of aromatic nitrogens is 2. The maximum Gasteiger partial charge on any atom is 0.265 e. The van der Waals surface area contributed by atoms with E-state index in [1.54, 1.807) is 6.07 Å². The number of aliphatic hydroxyl groups excluding tert-OH is 1. The van der Waals surface area contributed by atoms with E-state index in [9.17, 15) is 8.78 Å². The van der Waals surface area contributed by atoms with E-state index in [4.69, 9.17) is 5.11 Å². The molecule has 0 fully saturated rings. The fourth-order valence-electron chi connectivity index (χ4n) is 1.52. The number of rotatable bonds is 7. The second-order valence-electron chi connectivity index (χ2n) is 5.92. The molecule has 0 amide bonds. The molecule has 0 aliphatic carbocycles. The molecule has 0 aliphatic heterocycles. The molecule has 120 valence electrons. The fraction of sp³-hybridized carbons (Fsp3) is 0.714. The van der Waals surface area contributed by atoms with E-state index >= 15 is 0 Å². The number of nitrogens with zero attached hydrogens (tertiary/aromatic N) is 2. The summed E-state index contributed by atoms with van der Waals surface area (Å²) in [5.74, 6) is 1.68. The van der Waals surface area contributed by atoms with Gasteiger partial charge in [-0.15, -0.1) is 0 Å². The van der Waals surface area contributed by atoms with Crippen LogP contribution in [0.2, 0.25) is 0 Å². The number of halogens is 2. The molecule has 7 heteroatoms. The van der Waals surface area contributed by atoms with Crippen molar-refractivity contribution in [3.05, 3.63) is 11.9 Å². The molecule has 1 heterocycles. The Kier molecular flexibility index (Phi) is 6.26. The third-order valence-corrected chi connectivity index (χ3v) is 2.74. The third kappa shape index (κ3) is 5.79. The SMILES string of the molecule is CCCNc1cc(NCC(O)C(F)F)nc(C(C)(C)C)n1. The Morgan fingerprint density at radius 1 is 1.19 bits per heavy atom. The molecule has 21 heavy (non-hydrogen) atoms. The lowest BCUT2D eigenvalue weighted by Gasteiger charge is -2.20. The van der Waals surface area contributed by atoms with Crippen molar-refractivity contribution in [1.29, 1.82) is 0 Å². The Balaban J connectivity index is 2.91. The highest BCUT2D eigenvalue weighted by atomic mass is 19.3. The predicted octanol–water partition coefficient (Wildman–Crippen LogP) is 2.63. The largest absolute Gasteiger partial charge is 0.385 e. The van der Waals surface area contributed by atoms with Gasteiger partial charge in [0.05, 0.1) is 0 Å². The summed E-state index contributed by atoms with van der Waals surface area (Å²) in [4.78, 5) is 8.76. The van der Waals surface area contributed by atoms with Crippen LogP contribution >= 0.6 is 0 Å². The van der Waals surface area contributed by atoms with Crippen LogP contribution in [-0.2, 0) is 5.41 Å². The molecule has 1 atom stereocenters. The minimum atomic E-state index is -2.78. The van der Waals surface area contributed by atoms with E-state index in [0.29, 0.717) is 17.5 Å². The lowest BCUT2D eigenvalue weighted by atomic mass is 9.96. The second kappa shape index (κ2) is 7.49.